The van der Waals surface area contributed by atoms with Gasteiger partial charge in [0.15, 0.2) is 0 Å². The molecule has 3 unspecified atom stereocenters. The van der Waals surface area contributed by atoms with E-state index in [1.165, 1.54) is 12.8 Å². The molecule has 2 aliphatic rings. The van der Waals surface area contributed by atoms with Gasteiger partial charge in [-0.3, -0.25) is 4.79 Å². The maximum absolute atomic E-state index is 12.8. The average molecular weight is 310 g/mol. The summed E-state index contributed by atoms with van der Waals surface area (Å²) in [5.41, 5.74) is 7.86. The van der Waals surface area contributed by atoms with Gasteiger partial charge in [0.1, 0.15) is 0 Å². The molecule has 4 rings (SSSR count). The highest BCUT2D eigenvalue weighted by molar-refractivity contribution is 5.94. The van der Waals surface area contributed by atoms with Crippen LogP contribution in [0.5, 0.6) is 0 Å². The summed E-state index contributed by atoms with van der Waals surface area (Å²) < 4.78 is 1.75. The summed E-state index contributed by atoms with van der Waals surface area (Å²) in [6.07, 6.45) is 6.97. The quantitative estimate of drug-likeness (QED) is 0.923. The molecule has 1 amide bonds. The average Bonchev–Trinajstić information content (AvgIpc) is 3.23. The molecule has 1 aliphatic carbocycles. The van der Waals surface area contributed by atoms with Crippen LogP contribution in [0.1, 0.15) is 29.6 Å². The van der Waals surface area contributed by atoms with Crippen molar-refractivity contribution in [2.75, 3.05) is 13.1 Å². The third-order valence-corrected chi connectivity index (χ3v) is 5.29. The van der Waals surface area contributed by atoms with E-state index in [4.69, 9.17) is 5.73 Å². The molecule has 1 aromatic heterocycles. The minimum Gasteiger partial charge on any atom is -0.338 e. The largest absolute Gasteiger partial charge is 0.338 e. The van der Waals surface area contributed by atoms with Crippen LogP contribution in [-0.2, 0) is 0 Å². The van der Waals surface area contributed by atoms with Gasteiger partial charge in [0.25, 0.3) is 5.91 Å². The third-order valence-electron chi connectivity index (χ3n) is 5.29. The number of hydrogen-bond acceptors (Lipinski definition) is 3. The molecule has 2 N–H and O–H groups in total. The Morgan fingerprint density at radius 1 is 1.17 bits per heavy atom. The number of aromatic nitrogens is 2. The second kappa shape index (κ2) is 5.81. The van der Waals surface area contributed by atoms with E-state index in [2.05, 4.69) is 5.10 Å². The first-order chi connectivity index (χ1) is 11.2. The standard InChI is InChI=1S/C18H22N4O/c19-17-8-4-5-13-10-21(12-16(13)17)18(23)14-9-20-22(11-14)15-6-2-1-3-7-15/h1-3,6-7,9,11,13,16-17H,4-5,8,10,12,19H2. The molecule has 0 radical (unpaired) electrons. The van der Waals surface area contributed by atoms with Crippen molar-refractivity contribution < 1.29 is 4.79 Å². The SMILES string of the molecule is NC1CCCC2CN(C(=O)c3cnn(-c4ccccc4)c3)CC12. The molecule has 1 saturated carbocycles. The number of carbonyl (C=O) groups excluding carboxylic acids is 1. The highest BCUT2D eigenvalue weighted by atomic mass is 16.2. The van der Waals surface area contributed by atoms with Crippen LogP contribution >= 0.6 is 0 Å². The fourth-order valence-corrected chi connectivity index (χ4v) is 4.02. The highest BCUT2D eigenvalue weighted by Gasteiger charge is 2.40. The first kappa shape index (κ1) is 14.5. The molecular formula is C18H22N4O. The molecule has 2 aromatic rings. The van der Waals surface area contributed by atoms with Crippen LogP contribution in [0.4, 0.5) is 0 Å². The van der Waals surface area contributed by atoms with Crippen LogP contribution in [0, 0.1) is 11.8 Å². The van der Waals surface area contributed by atoms with Gasteiger partial charge in [0.2, 0.25) is 0 Å². The molecule has 2 heterocycles. The monoisotopic (exact) mass is 310 g/mol. The van der Waals surface area contributed by atoms with E-state index >= 15 is 0 Å². The minimum absolute atomic E-state index is 0.0776. The second-order valence-corrected chi connectivity index (χ2v) is 6.74. The highest BCUT2D eigenvalue weighted by Crippen LogP contribution is 2.36. The van der Waals surface area contributed by atoms with E-state index in [0.717, 1.165) is 25.2 Å². The molecular weight excluding hydrogens is 288 g/mol. The van der Waals surface area contributed by atoms with Crippen molar-refractivity contribution >= 4 is 5.91 Å². The van der Waals surface area contributed by atoms with E-state index in [1.54, 1.807) is 10.9 Å². The maximum atomic E-state index is 12.8. The number of amides is 1. The summed E-state index contributed by atoms with van der Waals surface area (Å²) in [6, 6.07) is 10.1. The number of hydrogen-bond donors (Lipinski definition) is 1. The fourth-order valence-electron chi connectivity index (χ4n) is 4.02. The van der Waals surface area contributed by atoms with E-state index < -0.39 is 0 Å². The molecule has 1 aliphatic heterocycles. The molecule has 5 heteroatoms. The normalized spacial score (nSPS) is 27.0. The Balaban J connectivity index is 1.51. The van der Waals surface area contributed by atoms with E-state index in [9.17, 15) is 4.79 Å². The molecule has 1 aromatic carbocycles. The molecule has 2 fully saturated rings. The lowest BCUT2D eigenvalue weighted by atomic mass is 9.78. The Kier molecular flexibility index (Phi) is 3.65. The summed E-state index contributed by atoms with van der Waals surface area (Å²) in [4.78, 5) is 14.7. The number of fused-ring (bicyclic) bond motifs is 1. The van der Waals surface area contributed by atoms with Crippen LogP contribution in [0.3, 0.4) is 0 Å². The minimum atomic E-state index is 0.0776. The van der Waals surface area contributed by atoms with Crippen molar-refractivity contribution in [2.24, 2.45) is 17.6 Å². The number of nitrogens with two attached hydrogens (primary N) is 1. The van der Waals surface area contributed by atoms with Gasteiger partial charge in [-0.15, -0.1) is 0 Å². The van der Waals surface area contributed by atoms with Crippen molar-refractivity contribution in [1.29, 1.82) is 0 Å². The van der Waals surface area contributed by atoms with Gasteiger partial charge >= 0.3 is 0 Å². The van der Waals surface area contributed by atoms with Crippen LogP contribution in [-0.4, -0.2) is 39.7 Å². The number of likely N-dealkylation sites (tertiary alicyclic amines) is 1. The number of rotatable bonds is 2. The second-order valence-electron chi connectivity index (χ2n) is 6.74. The lowest BCUT2D eigenvalue weighted by Gasteiger charge is -2.29. The number of carbonyl (C=O) groups is 1. The lowest BCUT2D eigenvalue weighted by molar-refractivity contribution is 0.0783. The zero-order valence-corrected chi connectivity index (χ0v) is 13.1. The van der Waals surface area contributed by atoms with Crippen molar-refractivity contribution in [3.63, 3.8) is 0 Å². The summed E-state index contributed by atoms with van der Waals surface area (Å²) in [6.45, 7) is 1.63. The van der Waals surface area contributed by atoms with Crippen LogP contribution < -0.4 is 5.73 Å². The Morgan fingerprint density at radius 2 is 2.00 bits per heavy atom. The Bertz CT molecular complexity index is 696. The zero-order valence-electron chi connectivity index (χ0n) is 13.1. The summed E-state index contributed by atoms with van der Waals surface area (Å²) >= 11 is 0. The molecule has 1 saturated heterocycles. The van der Waals surface area contributed by atoms with Crippen LogP contribution in [0.2, 0.25) is 0 Å². The molecule has 23 heavy (non-hydrogen) atoms. The number of benzene rings is 1. The van der Waals surface area contributed by atoms with Crippen molar-refractivity contribution in [1.82, 2.24) is 14.7 Å². The summed E-state index contributed by atoms with van der Waals surface area (Å²) in [5, 5.41) is 4.33. The van der Waals surface area contributed by atoms with Gasteiger partial charge in [0.05, 0.1) is 17.4 Å². The van der Waals surface area contributed by atoms with Gasteiger partial charge in [-0.1, -0.05) is 24.6 Å². The van der Waals surface area contributed by atoms with Gasteiger partial charge in [0, 0.05) is 25.3 Å². The molecule has 5 nitrogen and oxygen atoms in total. The molecule has 120 valence electrons. The van der Waals surface area contributed by atoms with Gasteiger partial charge in [-0.05, 0) is 36.8 Å². The maximum Gasteiger partial charge on any atom is 0.257 e. The van der Waals surface area contributed by atoms with E-state index in [1.807, 2.05) is 41.4 Å². The fraction of sp³-hybridized carbons (Fsp3) is 0.444. The summed E-state index contributed by atoms with van der Waals surface area (Å²) in [7, 11) is 0. The molecule has 3 atom stereocenters. The smallest absolute Gasteiger partial charge is 0.257 e. The van der Waals surface area contributed by atoms with Crippen molar-refractivity contribution in [3.8, 4) is 5.69 Å². The van der Waals surface area contributed by atoms with Gasteiger partial charge in [-0.2, -0.15) is 5.10 Å². The molecule has 0 spiro atoms. The molecule has 0 bridgehead atoms. The van der Waals surface area contributed by atoms with E-state index in [0.29, 0.717) is 17.4 Å². The lowest BCUT2D eigenvalue weighted by Crippen LogP contribution is -2.38. The Morgan fingerprint density at radius 3 is 2.78 bits per heavy atom. The Hall–Kier alpha value is -2.14. The predicted molar refractivity (Wildman–Crippen MR) is 88.3 cm³/mol. The van der Waals surface area contributed by atoms with Crippen molar-refractivity contribution in [2.45, 2.75) is 25.3 Å². The Labute approximate surface area is 136 Å². The first-order valence-electron chi connectivity index (χ1n) is 8.37. The topological polar surface area (TPSA) is 64.2 Å². The van der Waals surface area contributed by atoms with Crippen LogP contribution in [0.15, 0.2) is 42.7 Å². The number of nitrogens with zero attached hydrogens (tertiary/aromatic N) is 3. The van der Waals surface area contributed by atoms with Crippen LogP contribution in [0.25, 0.3) is 5.69 Å². The van der Waals surface area contributed by atoms with E-state index in [-0.39, 0.29) is 11.9 Å². The zero-order chi connectivity index (χ0) is 15.8. The van der Waals surface area contributed by atoms with Gasteiger partial charge in [-0.25, -0.2) is 4.68 Å². The van der Waals surface area contributed by atoms with Gasteiger partial charge < -0.3 is 10.6 Å². The van der Waals surface area contributed by atoms with Crippen molar-refractivity contribution in [3.05, 3.63) is 48.3 Å². The predicted octanol–water partition coefficient (Wildman–Crippen LogP) is 2.07. The number of para-hydroxylation sites is 1. The summed E-state index contributed by atoms with van der Waals surface area (Å²) in [5.74, 6) is 1.12. The first-order valence-corrected chi connectivity index (χ1v) is 8.37. The third kappa shape index (κ3) is 2.65.